The zero-order chi connectivity index (χ0) is 17.5. The van der Waals surface area contributed by atoms with Gasteiger partial charge in [0, 0.05) is 30.5 Å². The molecule has 1 aliphatic rings. The van der Waals surface area contributed by atoms with Gasteiger partial charge in [-0.05, 0) is 31.1 Å². The van der Waals surface area contributed by atoms with Gasteiger partial charge in [0.05, 0.1) is 24.4 Å². The first-order valence-corrected chi connectivity index (χ1v) is 7.64. The van der Waals surface area contributed by atoms with E-state index in [1.165, 1.54) is 19.4 Å². The molecule has 10 heteroatoms. The summed E-state index contributed by atoms with van der Waals surface area (Å²) >= 11 is 5.07. The second kappa shape index (κ2) is 8.41. The van der Waals surface area contributed by atoms with E-state index in [2.05, 4.69) is 15.8 Å². The highest BCUT2D eigenvalue weighted by Crippen LogP contribution is 2.33. The molecule has 0 aromatic heterocycles. The van der Waals surface area contributed by atoms with Gasteiger partial charge in [-0.15, -0.1) is 0 Å². The summed E-state index contributed by atoms with van der Waals surface area (Å²) in [5.41, 5.74) is 2.37. The predicted octanol–water partition coefficient (Wildman–Crippen LogP) is 0.654. The largest absolute Gasteiger partial charge is 0.865 e. The molecule has 0 aliphatic carbocycles. The van der Waals surface area contributed by atoms with Crippen LogP contribution < -0.4 is 20.6 Å². The van der Waals surface area contributed by atoms with Gasteiger partial charge in [0.2, 0.25) is 0 Å². The average Bonchev–Trinajstić information content (AvgIpc) is 3.07. The minimum absolute atomic E-state index is 0.121. The zero-order valence-electron chi connectivity index (χ0n) is 13.0. The van der Waals surface area contributed by atoms with Gasteiger partial charge in [-0.3, -0.25) is 15.5 Å². The summed E-state index contributed by atoms with van der Waals surface area (Å²) in [6, 6.07) is 2.49. The smallest absolute Gasteiger partial charge is 0.266 e. The summed E-state index contributed by atoms with van der Waals surface area (Å²) in [6.45, 7) is 1.35. The number of methoxy groups -OCH3 is 1. The summed E-state index contributed by atoms with van der Waals surface area (Å²) in [5.74, 6) is -0.897. The molecule has 0 unspecified atom stereocenters. The van der Waals surface area contributed by atoms with E-state index in [1.807, 2.05) is 0 Å². The molecule has 1 aromatic rings. The highest BCUT2D eigenvalue weighted by atomic mass is 32.1. The van der Waals surface area contributed by atoms with Crippen molar-refractivity contribution in [3.05, 3.63) is 27.8 Å². The van der Waals surface area contributed by atoms with Crippen molar-refractivity contribution in [3.8, 4) is 11.5 Å². The fourth-order valence-electron chi connectivity index (χ4n) is 2.19. The Labute approximate surface area is 143 Å². The molecule has 24 heavy (non-hydrogen) atoms. The van der Waals surface area contributed by atoms with Crippen LogP contribution in [0.5, 0.6) is 11.5 Å². The number of ether oxygens (including phenoxy) is 2. The molecule has 0 bridgehead atoms. The minimum atomic E-state index is -0.777. The number of hydrazone groups is 1. The molecule has 1 saturated heterocycles. The minimum Gasteiger partial charge on any atom is -0.865 e. The summed E-state index contributed by atoms with van der Waals surface area (Å²) in [6.07, 6.45) is 3.49. The summed E-state index contributed by atoms with van der Waals surface area (Å²) < 4.78 is 10.3. The molecular formula is C14H17N4O5S-. The Morgan fingerprint density at radius 2 is 2.42 bits per heavy atom. The van der Waals surface area contributed by atoms with Crippen LogP contribution in [0.2, 0.25) is 0 Å². The van der Waals surface area contributed by atoms with Crippen molar-refractivity contribution in [1.82, 2.24) is 10.7 Å². The number of thiocarbonyl (C=S) groups is 1. The van der Waals surface area contributed by atoms with Gasteiger partial charge in [-0.1, -0.05) is 0 Å². The van der Waals surface area contributed by atoms with Crippen LogP contribution in [-0.2, 0) is 4.74 Å². The van der Waals surface area contributed by atoms with Crippen molar-refractivity contribution < 1.29 is 19.5 Å². The van der Waals surface area contributed by atoms with Gasteiger partial charge in [0.25, 0.3) is 5.69 Å². The molecule has 0 amide bonds. The van der Waals surface area contributed by atoms with Crippen molar-refractivity contribution in [3.63, 3.8) is 0 Å². The van der Waals surface area contributed by atoms with E-state index < -0.39 is 16.4 Å². The Balaban J connectivity index is 1.94. The number of nitro benzene ring substituents is 1. The lowest BCUT2D eigenvalue weighted by atomic mass is 10.2. The molecule has 130 valence electrons. The Hall–Kier alpha value is -2.46. The summed E-state index contributed by atoms with van der Waals surface area (Å²) in [7, 11) is 1.27. The molecule has 9 nitrogen and oxygen atoms in total. The molecule has 2 rings (SSSR count). The Morgan fingerprint density at radius 3 is 3.04 bits per heavy atom. The van der Waals surface area contributed by atoms with Crippen LogP contribution in [-0.4, -0.2) is 42.6 Å². The van der Waals surface area contributed by atoms with E-state index in [1.54, 1.807) is 0 Å². The standard InChI is InChI=1S/C14H18N4O5S/c1-22-12-6-9(5-11(13(12)19)18(20)21)7-16-17-14(24)15-8-10-3-2-4-23-10/h5-7,10,19H,2-4,8H2,1H3,(H2,15,17,24)/p-1/b16-7-/t10-/m0/s1. The molecule has 1 aliphatic heterocycles. The molecular weight excluding hydrogens is 336 g/mol. The van der Waals surface area contributed by atoms with Gasteiger partial charge in [-0.25, -0.2) is 0 Å². The van der Waals surface area contributed by atoms with Crippen molar-refractivity contribution >= 4 is 29.2 Å². The van der Waals surface area contributed by atoms with E-state index in [0.717, 1.165) is 25.5 Å². The second-order valence-corrected chi connectivity index (χ2v) is 5.45. The fraction of sp³-hybridized carbons (Fsp3) is 0.429. The van der Waals surface area contributed by atoms with Gasteiger partial charge < -0.3 is 19.9 Å². The number of nitrogens with one attached hydrogen (secondary N) is 2. The second-order valence-electron chi connectivity index (χ2n) is 5.04. The summed E-state index contributed by atoms with van der Waals surface area (Å²) in [4.78, 5) is 10.1. The van der Waals surface area contributed by atoms with Crippen LogP contribution in [0.4, 0.5) is 5.69 Å². The van der Waals surface area contributed by atoms with E-state index in [4.69, 9.17) is 21.7 Å². The molecule has 1 aromatic carbocycles. The van der Waals surface area contributed by atoms with Gasteiger partial charge >= 0.3 is 0 Å². The zero-order valence-corrected chi connectivity index (χ0v) is 13.8. The first-order chi connectivity index (χ1) is 11.5. The number of hydrogen-bond donors (Lipinski definition) is 2. The van der Waals surface area contributed by atoms with E-state index in [-0.39, 0.29) is 11.9 Å². The van der Waals surface area contributed by atoms with Gasteiger partial charge in [0.15, 0.2) is 5.11 Å². The lowest BCUT2D eigenvalue weighted by Gasteiger charge is -2.13. The van der Waals surface area contributed by atoms with Crippen molar-refractivity contribution in [2.75, 3.05) is 20.3 Å². The third-order valence-corrected chi connectivity index (χ3v) is 3.60. The molecule has 0 radical (unpaired) electrons. The molecule has 1 heterocycles. The van der Waals surface area contributed by atoms with Crippen LogP contribution in [0.25, 0.3) is 0 Å². The molecule has 2 N–H and O–H groups in total. The first kappa shape index (κ1) is 17.9. The normalized spacial score (nSPS) is 17.0. The average molecular weight is 353 g/mol. The Bertz CT molecular complexity index is 646. The number of hydrogen-bond acceptors (Lipinski definition) is 7. The first-order valence-electron chi connectivity index (χ1n) is 7.23. The lowest BCUT2D eigenvalue weighted by Crippen LogP contribution is -2.37. The number of nitrogens with zero attached hydrogens (tertiary/aromatic N) is 2. The maximum Gasteiger partial charge on any atom is 0.266 e. The van der Waals surface area contributed by atoms with Gasteiger partial charge in [0.1, 0.15) is 5.75 Å². The van der Waals surface area contributed by atoms with E-state index in [0.29, 0.717) is 17.2 Å². The molecule has 1 fully saturated rings. The van der Waals surface area contributed by atoms with Crippen molar-refractivity contribution in [1.29, 1.82) is 0 Å². The molecule has 0 spiro atoms. The number of nitro groups is 1. The quantitative estimate of drug-likeness (QED) is 0.331. The van der Waals surface area contributed by atoms with Crippen LogP contribution >= 0.6 is 12.2 Å². The lowest BCUT2D eigenvalue weighted by molar-refractivity contribution is -0.398. The maximum absolute atomic E-state index is 11.7. The SMILES string of the molecule is COc1cc(/C=N\NC(=S)NC[C@@H]2CCCO2)cc([N+](=O)[O-])c1[O-]. The molecule has 0 saturated carbocycles. The molecule has 1 atom stereocenters. The number of rotatable bonds is 6. The fourth-order valence-corrected chi connectivity index (χ4v) is 2.32. The third-order valence-electron chi connectivity index (χ3n) is 3.37. The Kier molecular flexibility index (Phi) is 6.27. The van der Waals surface area contributed by atoms with Crippen LogP contribution in [0.15, 0.2) is 17.2 Å². The van der Waals surface area contributed by atoms with Crippen LogP contribution in [0, 0.1) is 10.1 Å². The maximum atomic E-state index is 11.7. The topological polar surface area (TPSA) is 121 Å². The Morgan fingerprint density at radius 1 is 1.62 bits per heavy atom. The highest BCUT2D eigenvalue weighted by molar-refractivity contribution is 7.80. The van der Waals surface area contributed by atoms with E-state index >= 15 is 0 Å². The number of benzene rings is 1. The van der Waals surface area contributed by atoms with Crippen molar-refractivity contribution in [2.45, 2.75) is 18.9 Å². The monoisotopic (exact) mass is 353 g/mol. The highest BCUT2D eigenvalue weighted by Gasteiger charge is 2.15. The predicted molar refractivity (Wildman–Crippen MR) is 89.4 cm³/mol. The van der Waals surface area contributed by atoms with Gasteiger partial charge in [-0.2, -0.15) is 5.10 Å². The van der Waals surface area contributed by atoms with Crippen LogP contribution in [0.3, 0.4) is 0 Å². The van der Waals surface area contributed by atoms with Crippen LogP contribution in [0.1, 0.15) is 18.4 Å². The third kappa shape index (κ3) is 4.77. The summed E-state index contributed by atoms with van der Waals surface area (Å²) in [5, 5.41) is 29.8. The van der Waals surface area contributed by atoms with Crippen molar-refractivity contribution in [2.24, 2.45) is 5.10 Å². The van der Waals surface area contributed by atoms with E-state index in [9.17, 15) is 15.2 Å².